The van der Waals surface area contributed by atoms with Gasteiger partial charge in [-0.2, -0.15) is 0 Å². The highest BCUT2D eigenvalue weighted by Gasteiger charge is 2.31. The zero-order chi connectivity index (χ0) is 17.1. The second-order valence-corrected chi connectivity index (χ2v) is 6.89. The molecule has 24 heavy (non-hydrogen) atoms. The molecule has 1 aromatic carbocycles. The van der Waals surface area contributed by atoms with Crippen molar-refractivity contribution in [2.24, 2.45) is 11.8 Å². The van der Waals surface area contributed by atoms with E-state index in [0.29, 0.717) is 25.9 Å². The highest BCUT2D eigenvalue weighted by Crippen LogP contribution is 2.23. The summed E-state index contributed by atoms with van der Waals surface area (Å²) in [7, 11) is 0. The van der Waals surface area contributed by atoms with Crippen LogP contribution < -0.4 is 0 Å². The number of nitrogens with zero attached hydrogens (tertiary/aromatic N) is 1. The molecule has 2 aromatic rings. The molecule has 128 valence electrons. The van der Waals surface area contributed by atoms with Crippen molar-refractivity contribution in [3.8, 4) is 0 Å². The third kappa shape index (κ3) is 3.61. The number of aromatic amines is 1. The van der Waals surface area contributed by atoms with Crippen molar-refractivity contribution in [2.75, 3.05) is 13.1 Å². The predicted molar refractivity (Wildman–Crippen MR) is 92.7 cm³/mol. The largest absolute Gasteiger partial charge is 0.481 e. The molecule has 1 aromatic heterocycles. The van der Waals surface area contributed by atoms with Crippen molar-refractivity contribution >= 4 is 22.8 Å². The number of nitrogens with one attached hydrogen (secondary N) is 1. The number of amides is 1. The second kappa shape index (κ2) is 7.07. The molecule has 5 heteroatoms. The van der Waals surface area contributed by atoms with E-state index in [9.17, 15) is 14.7 Å². The van der Waals surface area contributed by atoms with E-state index in [1.54, 1.807) is 4.90 Å². The van der Waals surface area contributed by atoms with Gasteiger partial charge < -0.3 is 15.0 Å². The summed E-state index contributed by atoms with van der Waals surface area (Å²) in [4.78, 5) is 28.6. The number of fused-ring (bicyclic) bond motifs is 1. The molecule has 0 aliphatic carbocycles. The fourth-order valence-corrected chi connectivity index (χ4v) is 3.66. The highest BCUT2D eigenvalue weighted by molar-refractivity contribution is 5.83. The molecule has 2 atom stereocenters. The topological polar surface area (TPSA) is 73.4 Å². The Morgan fingerprint density at radius 1 is 1.29 bits per heavy atom. The van der Waals surface area contributed by atoms with Crippen LogP contribution in [0.25, 0.3) is 10.9 Å². The molecule has 0 radical (unpaired) electrons. The first-order chi connectivity index (χ1) is 11.5. The summed E-state index contributed by atoms with van der Waals surface area (Å²) < 4.78 is 0. The molecule has 2 heterocycles. The Labute approximate surface area is 141 Å². The average Bonchev–Trinajstić information content (AvgIpc) is 2.97. The standard InChI is InChI=1S/C19H24N2O3/c1-13-9-15(19(23)24)12-21(11-13)18(22)8-4-5-14-10-20-17-7-3-2-6-16(14)17/h2-3,6-7,10,13,15,20H,4-5,8-9,11-12H2,1H3,(H,23,24). The number of hydrogen-bond donors (Lipinski definition) is 2. The Balaban J connectivity index is 1.54. The fraction of sp³-hybridized carbons (Fsp3) is 0.474. The molecule has 1 amide bonds. The number of H-pyrrole nitrogens is 1. The maximum Gasteiger partial charge on any atom is 0.308 e. The summed E-state index contributed by atoms with van der Waals surface area (Å²) in [6, 6.07) is 8.16. The quantitative estimate of drug-likeness (QED) is 0.886. The maximum absolute atomic E-state index is 12.4. The number of piperidine rings is 1. The minimum atomic E-state index is -0.793. The van der Waals surface area contributed by atoms with Crippen molar-refractivity contribution in [3.05, 3.63) is 36.0 Å². The molecule has 0 spiro atoms. The fourth-order valence-electron chi connectivity index (χ4n) is 3.66. The Hall–Kier alpha value is -2.30. The van der Waals surface area contributed by atoms with E-state index in [-0.39, 0.29) is 11.8 Å². The number of likely N-dealkylation sites (tertiary alicyclic amines) is 1. The van der Waals surface area contributed by atoms with Gasteiger partial charge in [0.25, 0.3) is 0 Å². The summed E-state index contributed by atoms with van der Waals surface area (Å²) in [6.45, 7) is 3.04. The molecule has 1 fully saturated rings. The normalized spacial score (nSPS) is 21.1. The monoisotopic (exact) mass is 328 g/mol. The lowest BCUT2D eigenvalue weighted by Gasteiger charge is -2.34. The van der Waals surface area contributed by atoms with E-state index in [4.69, 9.17) is 0 Å². The van der Waals surface area contributed by atoms with E-state index < -0.39 is 11.9 Å². The van der Waals surface area contributed by atoms with Crippen LogP contribution in [-0.2, 0) is 16.0 Å². The number of aliphatic carboxylic acids is 1. The van der Waals surface area contributed by atoms with E-state index in [1.165, 1.54) is 10.9 Å². The number of aromatic nitrogens is 1. The van der Waals surface area contributed by atoms with Crippen LogP contribution in [0.15, 0.2) is 30.5 Å². The summed E-state index contributed by atoms with van der Waals surface area (Å²) in [5, 5.41) is 10.4. The Bertz CT molecular complexity index is 737. The first-order valence-corrected chi connectivity index (χ1v) is 8.60. The van der Waals surface area contributed by atoms with Crippen LogP contribution in [0.5, 0.6) is 0 Å². The second-order valence-electron chi connectivity index (χ2n) is 6.89. The summed E-state index contributed by atoms with van der Waals surface area (Å²) in [6.07, 6.45) is 4.77. The number of carbonyl (C=O) groups excluding carboxylic acids is 1. The lowest BCUT2D eigenvalue weighted by Crippen LogP contribution is -2.45. The lowest BCUT2D eigenvalue weighted by molar-refractivity contribution is -0.146. The van der Waals surface area contributed by atoms with Gasteiger partial charge in [0.15, 0.2) is 0 Å². The van der Waals surface area contributed by atoms with Gasteiger partial charge in [0, 0.05) is 36.6 Å². The number of carbonyl (C=O) groups is 2. The Kier molecular flexibility index (Phi) is 4.88. The van der Waals surface area contributed by atoms with E-state index in [1.807, 2.05) is 31.3 Å². The molecule has 0 bridgehead atoms. The first kappa shape index (κ1) is 16.6. The van der Waals surface area contributed by atoms with Crippen molar-refractivity contribution in [3.63, 3.8) is 0 Å². The Morgan fingerprint density at radius 3 is 2.88 bits per heavy atom. The third-order valence-electron chi connectivity index (χ3n) is 4.87. The van der Waals surface area contributed by atoms with E-state index in [2.05, 4.69) is 11.1 Å². The summed E-state index contributed by atoms with van der Waals surface area (Å²) >= 11 is 0. The van der Waals surface area contributed by atoms with Gasteiger partial charge in [0.2, 0.25) is 5.91 Å². The van der Waals surface area contributed by atoms with Crippen molar-refractivity contribution in [1.82, 2.24) is 9.88 Å². The molecule has 2 unspecified atom stereocenters. The van der Waals surface area contributed by atoms with Crippen LogP contribution in [0.2, 0.25) is 0 Å². The Morgan fingerprint density at radius 2 is 2.08 bits per heavy atom. The number of carboxylic acid groups (broad SMARTS) is 1. The van der Waals surface area contributed by atoms with Gasteiger partial charge in [-0.15, -0.1) is 0 Å². The molecular weight excluding hydrogens is 304 g/mol. The van der Waals surface area contributed by atoms with Gasteiger partial charge in [-0.25, -0.2) is 0 Å². The molecule has 1 aliphatic rings. The molecule has 3 rings (SSSR count). The van der Waals surface area contributed by atoms with Crippen LogP contribution in [0.3, 0.4) is 0 Å². The van der Waals surface area contributed by atoms with Crippen molar-refractivity contribution in [1.29, 1.82) is 0 Å². The van der Waals surface area contributed by atoms with Gasteiger partial charge in [-0.05, 0) is 36.8 Å². The summed E-state index contributed by atoms with van der Waals surface area (Å²) in [5.41, 5.74) is 2.35. The number of hydrogen-bond acceptors (Lipinski definition) is 2. The van der Waals surface area contributed by atoms with Crippen molar-refractivity contribution < 1.29 is 14.7 Å². The zero-order valence-electron chi connectivity index (χ0n) is 14.0. The summed E-state index contributed by atoms with van der Waals surface area (Å²) in [5.74, 6) is -0.894. The number of aryl methyl sites for hydroxylation is 1. The number of benzene rings is 1. The van der Waals surface area contributed by atoms with Gasteiger partial charge >= 0.3 is 5.97 Å². The van der Waals surface area contributed by atoms with Crippen LogP contribution in [0.1, 0.15) is 31.7 Å². The van der Waals surface area contributed by atoms with Crippen LogP contribution in [0.4, 0.5) is 0 Å². The molecule has 2 N–H and O–H groups in total. The third-order valence-corrected chi connectivity index (χ3v) is 4.87. The van der Waals surface area contributed by atoms with Gasteiger partial charge in [0.1, 0.15) is 0 Å². The van der Waals surface area contributed by atoms with E-state index >= 15 is 0 Å². The SMILES string of the molecule is CC1CC(C(=O)O)CN(C(=O)CCCc2c[nH]c3ccccc23)C1. The lowest BCUT2D eigenvalue weighted by atomic mass is 9.90. The smallest absolute Gasteiger partial charge is 0.308 e. The number of rotatable bonds is 5. The van der Waals surface area contributed by atoms with Gasteiger partial charge in [-0.1, -0.05) is 25.1 Å². The predicted octanol–water partition coefficient (Wildman–Crippen LogP) is 3.06. The molecule has 1 saturated heterocycles. The molecule has 1 aliphatic heterocycles. The van der Waals surface area contributed by atoms with Crippen LogP contribution in [0, 0.1) is 11.8 Å². The average molecular weight is 328 g/mol. The maximum atomic E-state index is 12.4. The zero-order valence-corrected chi connectivity index (χ0v) is 14.0. The molecule has 0 saturated carbocycles. The van der Waals surface area contributed by atoms with E-state index in [0.717, 1.165) is 18.4 Å². The first-order valence-electron chi connectivity index (χ1n) is 8.60. The minimum absolute atomic E-state index is 0.0765. The molecular formula is C19H24N2O3. The minimum Gasteiger partial charge on any atom is -0.481 e. The van der Waals surface area contributed by atoms with Crippen LogP contribution in [-0.4, -0.2) is 40.0 Å². The molecule has 5 nitrogen and oxygen atoms in total. The number of carboxylic acids is 1. The highest BCUT2D eigenvalue weighted by atomic mass is 16.4. The van der Waals surface area contributed by atoms with Crippen molar-refractivity contribution in [2.45, 2.75) is 32.6 Å². The van der Waals surface area contributed by atoms with Gasteiger partial charge in [-0.3, -0.25) is 9.59 Å². The van der Waals surface area contributed by atoms with Gasteiger partial charge in [0.05, 0.1) is 5.92 Å². The van der Waals surface area contributed by atoms with Crippen LogP contribution >= 0.6 is 0 Å². The number of para-hydroxylation sites is 1.